The third-order valence-corrected chi connectivity index (χ3v) is 3.70. The van der Waals surface area contributed by atoms with Crippen LogP contribution in [0.15, 0.2) is 78.9 Å². The lowest BCUT2D eigenvalue weighted by molar-refractivity contribution is -0.114. The van der Waals surface area contributed by atoms with E-state index in [1.54, 1.807) is 12.1 Å². The molecule has 4 nitrogen and oxygen atoms in total. The maximum Gasteiger partial charge on any atom is 0.243 e. The Hall–Kier alpha value is -3.34. The second-order valence-electron chi connectivity index (χ2n) is 5.68. The summed E-state index contributed by atoms with van der Waals surface area (Å²) in [5.74, 6) is -0.0320. The number of carbonyl (C=O) groups excluding carboxylic acids is 1. The molecule has 0 bridgehead atoms. The Morgan fingerprint density at radius 1 is 0.885 bits per heavy atom. The smallest absolute Gasteiger partial charge is 0.243 e. The lowest BCUT2D eigenvalue weighted by Crippen LogP contribution is -2.22. The molecule has 0 aromatic heterocycles. The van der Waals surface area contributed by atoms with Crippen LogP contribution in [0.1, 0.15) is 5.56 Å². The molecule has 0 fully saturated rings. The molecule has 0 unspecified atom stereocenters. The van der Waals surface area contributed by atoms with Crippen molar-refractivity contribution < 1.29 is 13.9 Å². The van der Waals surface area contributed by atoms with Gasteiger partial charge in [0.15, 0.2) is 0 Å². The van der Waals surface area contributed by atoms with Crippen LogP contribution in [-0.4, -0.2) is 12.5 Å². The van der Waals surface area contributed by atoms with Crippen molar-refractivity contribution in [2.45, 2.75) is 6.61 Å². The van der Waals surface area contributed by atoms with Crippen molar-refractivity contribution in [3.63, 3.8) is 0 Å². The van der Waals surface area contributed by atoms with E-state index in [4.69, 9.17) is 4.74 Å². The number of anilines is 2. The number of benzene rings is 3. The Morgan fingerprint density at radius 2 is 1.58 bits per heavy atom. The fourth-order valence-electron chi connectivity index (χ4n) is 2.35. The van der Waals surface area contributed by atoms with Gasteiger partial charge in [0.05, 0.1) is 12.2 Å². The van der Waals surface area contributed by atoms with Crippen molar-refractivity contribution in [2.24, 2.45) is 0 Å². The molecule has 5 heteroatoms. The van der Waals surface area contributed by atoms with Crippen LogP contribution >= 0.6 is 0 Å². The lowest BCUT2D eigenvalue weighted by atomic mass is 10.2. The van der Waals surface area contributed by atoms with Crippen LogP contribution in [0.4, 0.5) is 15.8 Å². The van der Waals surface area contributed by atoms with Gasteiger partial charge in [0.2, 0.25) is 5.91 Å². The fraction of sp³-hybridized carbons (Fsp3) is 0.0952. The van der Waals surface area contributed by atoms with Gasteiger partial charge in [-0.1, -0.05) is 42.5 Å². The van der Waals surface area contributed by atoms with Gasteiger partial charge in [-0.15, -0.1) is 0 Å². The molecule has 0 aliphatic heterocycles. The highest BCUT2D eigenvalue weighted by molar-refractivity contribution is 5.93. The Morgan fingerprint density at radius 3 is 2.31 bits per heavy atom. The largest absolute Gasteiger partial charge is 0.489 e. The summed E-state index contributed by atoms with van der Waals surface area (Å²) in [5.41, 5.74) is 2.05. The molecule has 0 spiro atoms. The first-order chi connectivity index (χ1) is 12.7. The monoisotopic (exact) mass is 350 g/mol. The van der Waals surface area contributed by atoms with Crippen LogP contribution in [0.5, 0.6) is 5.75 Å². The van der Waals surface area contributed by atoms with E-state index in [-0.39, 0.29) is 18.1 Å². The van der Waals surface area contributed by atoms with Crippen LogP contribution < -0.4 is 15.4 Å². The molecular weight excluding hydrogens is 331 g/mol. The SMILES string of the molecule is O=C(CNc1ccc(OCc2ccccc2)cc1)Nc1ccccc1F. The molecule has 1 amide bonds. The zero-order chi connectivity index (χ0) is 18.2. The second kappa shape index (κ2) is 8.67. The summed E-state index contributed by atoms with van der Waals surface area (Å²) >= 11 is 0. The number of rotatable bonds is 7. The van der Waals surface area contributed by atoms with Gasteiger partial charge in [-0.3, -0.25) is 4.79 Å². The van der Waals surface area contributed by atoms with Gasteiger partial charge >= 0.3 is 0 Å². The molecule has 3 aromatic rings. The Labute approximate surface area is 151 Å². The average molecular weight is 350 g/mol. The van der Waals surface area contributed by atoms with E-state index in [1.165, 1.54) is 12.1 Å². The molecule has 132 valence electrons. The summed E-state index contributed by atoms with van der Waals surface area (Å²) in [6.07, 6.45) is 0. The minimum absolute atomic E-state index is 0.0402. The fourth-order valence-corrected chi connectivity index (χ4v) is 2.35. The lowest BCUT2D eigenvalue weighted by Gasteiger charge is -2.10. The molecule has 0 saturated heterocycles. The molecule has 26 heavy (non-hydrogen) atoms. The standard InChI is InChI=1S/C21H19FN2O2/c22-19-8-4-5-9-20(19)24-21(25)14-23-17-10-12-18(13-11-17)26-15-16-6-2-1-3-7-16/h1-13,23H,14-15H2,(H,24,25). The van der Waals surface area contributed by atoms with Crippen LogP contribution in [0.3, 0.4) is 0 Å². The van der Waals surface area contributed by atoms with Gasteiger partial charge in [0.1, 0.15) is 18.2 Å². The maximum atomic E-state index is 13.5. The van der Waals surface area contributed by atoms with Gasteiger partial charge in [0, 0.05) is 5.69 Å². The van der Waals surface area contributed by atoms with E-state index < -0.39 is 5.82 Å². The number of amides is 1. The van der Waals surface area contributed by atoms with Crippen molar-refractivity contribution in [1.29, 1.82) is 0 Å². The first-order valence-corrected chi connectivity index (χ1v) is 8.26. The summed E-state index contributed by atoms with van der Waals surface area (Å²) in [6, 6.07) is 23.3. The van der Waals surface area contributed by atoms with Gasteiger partial charge in [0.25, 0.3) is 0 Å². The molecule has 0 atom stereocenters. The highest BCUT2D eigenvalue weighted by atomic mass is 19.1. The van der Waals surface area contributed by atoms with Crippen LogP contribution in [0.25, 0.3) is 0 Å². The third-order valence-electron chi connectivity index (χ3n) is 3.70. The van der Waals surface area contributed by atoms with E-state index in [0.29, 0.717) is 6.61 Å². The zero-order valence-electron chi connectivity index (χ0n) is 14.1. The van der Waals surface area contributed by atoms with Crippen LogP contribution in [0, 0.1) is 5.82 Å². The molecule has 0 saturated carbocycles. The first-order valence-electron chi connectivity index (χ1n) is 8.26. The molecule has 0 aliphatic rings. The van der Waals surface area contributed by atoms with E-state index in [2.05, 4.69) is 10.6 Å². The van der Waals surface area contributed by atoms with Gasteiger partial charge < -0.3 is 15.4 Å². The number of halogens is 1. The first kappa shape index (κ1) is 17.5. The van der Waals surface area contributed by atoms with Crippen molar-refractivity contribution in [2.75, 3.05) is 17.2 Å². The predicted octanol–water partition coefficient (Wildman–Crippen LogP) is 4.46. The summed E-state index contributed by atoms with van der Waals surface area (Å²) < 4.78 is 19.2. The summed E-state index contributed by atoms with van der Waals surface area (Å²) in [6.45, 7) is 0.539. The number of hydrogen-bond acceptors (Lipinski definition) is 3. The molecular formula is C21H19FN2O2. The van der Waals surface area contributed by atoms with Crippen LogP contribution in [0.2, 0.25) is 0 Å². The summed E-state index contributed by atoms with van der Waals surface area (Å²) in [4.78, 5) is 11.9. The third kappa shape index (κ3) is 5.08. The van der Waals surface area contributed by atoms with Gasteiger partial charge in [-0.2, -0.15) is 0 Å². The van der Waals surface area contributed by atoms with Crippen molar-refractivity contribution in [3.05, 3.63) is 90.2 Å². The zero-order valence-corrected chi connectivity index (χ0v) is 14.1. The molecule has 3 rings (SSSR count). The Bertz CT molecular complexity index is 851. The normalized spacial score (nSPS) is 10.2. The van der Waals surface area contributed by atoms with E-state index in [1.807, 2.05) is 54.6 Å². The second-order valence-corrected chi connectivity index (χ2v) is 5.68. The maximum absolute atomic E-state index is 13.5. The quantitative estimate of drug-likeness (QED) is 0.662. The molecule has 0 aliphatic carbocycles. The number of nitrogens with one attached hydrogen (secondary N) is 2. The summed E-state index contributed by atoms with van der Waals surface area (Å²) in [5, 5.41) is 5.52. The minimum Gasteiger partial charge on any atom is -0.489 e. The molecule has 2 N–H and O–H groups in total. The minimum atomic E-state index is -0.458. The van der Waals surface area contributed by atoms with Crippen LogP contribution in [-0.2, 0) is 11.4 Å². The topological polar surface area (TPSA) is 50.4 Å². The highest BCUT2D eigenvalue weighted by Crippen LogP contribution is 2.17. The van der Waals surface area contributed by atoms with Crippen molar-refractivity contribution in [1.82, 2.24) is 0 Å². The molecule has 0 heterocycles. The van der Waals surface area contributed by atoms with Gasteiger partial charge in [-0.05, 0) is 42.0 Å². The number of para-hydroxylation sites is 1. The predicted molar refractivity (Wildman–Crippen MR) is 101 cm³/mol. The van der Waals surface area contributed by atoms with E-state index in [0.717, 1.165) is 17.0 Å². The summed E-state index contributed by atoms with van der Waals surface area (Å²) in [7, 11) is 0. The van der Waals surface area contributed by atoms with Crippen molar-refractivity contribution in [3.8, 4) is 5.75 Å². The highest BCUT2D eigenvalue weighted by Gasteiger charge is 2.06. The average Bonchev–Trinajstić information content (AvgIpc) is 2.68. The Balaban J connectivity index is 1.46. The molecule has 3 aromatic carbocycles. The number of carbonyl (C=O) groups is 1. The van der Waals surface area contributed by atoms with Gasteiger partial charge in [-0.25, -0.2) is 4.39 Å². The Kier molecular flexibility index (Phi) is 5.83. The van der Waals surface area contributed by atoms with Crippen molar-refractivity contribution >= 4 is 17.3 Å². The number of ether oxygens (including phenoxy) is 1. The number of hydrogen-bond donors (Lipinski definition) is 2. The van der Waals surface area contributed by atoms with E-state index in [9.17, 15) is 9.18 Å². The van der Waals surface area contributed by atoms with E-state index >= 15 is 0 Å². The molecule has 0 radical (unpaired) electrons.